The molecule has 2 aromatic heterocycles. The average molecular weight is 359 g/mol. The second-order valence-corrected chi connectivity index (χ2v) is 7.36. The maximum absolute atomic E-state index is 13.1. The first-order chi connectivity index (χ1) is 12.0. The molecular formula is C17H18FN5OS. The molecule has 130 valence electrons. The van der Waals surface area contributed by atoms with Crippen molar-refractivity contribution < 1.29 is 9.18 Å². The zero-order valence-corrected chi connectivity index (χ0v) is 14.5. The first-order valence-corrected chi connectivity index (χ1v) is 9.01. The molecule has 1 saturated heterocycles. The van der Waals surface area contributed by atoms with Gasteiger partial charge < -0.3 is 10.6 Å². The number of carbonyl (C=O) groups is 1. The van der Waals surface area contributed by atoms with Crippen molar-refractivity contribution in [3.05, 3.63) is 36.3 Å². The number of anilines is 1. The molecule has 0 saturated carbocycles. The fourth-order valence-electron chi connectivity index (χ4n) is 3.17. The molecule has 2 atom stereocenters. The molecule has 1 aliphatic rings. The quantitative estimate of drug-likeness (QED) is 0.780. The van der Waals surface area contributed by atoms with Gasteiger partial charge in [0, 0.05) is 18.2 Å². The van der Waals surface area contributed by atoms with E-state index in [0.717, 1.165) is 34.2 Å². The van der Waals surface area contributed by atoms with Gasteiger partial charge in [-0.15, -0.1) is 5.10 Å². The van der Waals surface area contributed by atoms with Gasteiger partial charge >= 0.3 is 0 Å². The van der Waals surface area contributed by atoms with Crippen molar-refractivity contribution in [3.8, 4) is 11.3 Å². The van der Waals surface area contributed by atoms with Crippen LogP contribution in [0, 0.1) is 11.7 Å². The largest absolute Gasteiger partial charge is 0.369 e. The minimum atomic E-state index is -0.270. The summed E-state index contributed by atoms with van der Waals surface area (Å²) in [6, 6.07) is 6.55. The van der Waals surface area contributed by atoms with Crippen LogP contribution in [0.5, 0.6) is 0 Å². The highest BCUT2D eigenvalue weighted by Crippen LogP contribution is 2.32. The number of carbonyl (C=O) groups excluding carboxylic acids is 1. The Morgan fingerprint density at radius 3 is 2.76 bits per heavy atom. The van der Waals surface area contributed by atoms with Crippen LogP contribution in [0.2, 0.25) is 0 Å². The summed E-state index contributed by atoms with van der Waals surface area (Å²) in [6.45, 7) is 2.73. The van der Waals surface area contributed by atoms with Crippen LogP contribution >= 0.6 is 11.3 Å². The third-order valence-corrected chi connectivity index (χ3v) is 5.66. The molecule has 2 unspecified atom stereocenters. The van der Waals surface area contributed by atoms with Crippen molar-refractivity contribution >= 4 is 27.3 Å². The van der Waals surface area contributed by atoms with E-state index in [1.54, 1.807) is 16.6 Å². The summed E-state index contributed by atoms with van der Waals surface area (Å²) in [5, 5.41) is 5.46. The topological polar surface area (TPSA) is 76.5 Å². The van der Waals surface area contributed by atoms with Crippen molar-refractivity contribution in [2.24, 2.45) is 11.7 Å². The Hall–Kier alpha value is -2.48. The third kappa shape index (κ3) is 2.97. The van der Waals surface area contributed by atoms with Crippen molar-refractivity contribution in [1.29, 1.82) is 0 Å². The molecule has 0 bridgehead atoms. The van der Waals surface area contributed by atoms with E-state index in [1.165, 1.54) is 23.5 Å². The minimum Gasteiger partial charge on any atom is -0.369 e. The van der Waals surface area contributed by atoms with E-state index in [1.807, 2.05) is 6.20 Å². The van der Waals surface area contributed by atoms with Crippen molar-refractivity contribution in [2.45, 2.75) is 25.8 Å². The Labute approximate surface area is 148 Å². The number of hydrogen-bond donors (Lipinski definition) is 1. The molecule has 0 radical (unpaired) electrons. The van der Waals surface area contributed by atoms with Gasteiger partial charge in [-0.2, -0.15) is 0 Å². The van der Waals surface area contributed by atoms with E-state index in [9.17, 15) is 9.18 Å². The second-order valence-electron chi connectivity index (χ2n) is 6.42. The lowest BCUT2D eigenvalue weighted by molar-refractivity contribution is -0.122. The van der Waals surface area contributed by atoms with Gasteiger partial charge in [0.2, 0.25) is 16.0 Å². The number of piperidine rings is 1. The highest BCUT2D eigenvalue weighted by atomic mass is 32.1. The average Bonchev–Trinajstić information content (AvgIpc) is 3.14. The van der Waals surface area contributed by atoms with E-state index in [2.05, 4.69) is 21.9 Å². The number of fused-ring (bicyclic) bond motifs is 1. The first-order valence-electron chi connectivity index (χ1n) is 8.19. The van der Waals surface area contributed by atoms with Gasteiger partial charge in [-0.3, -0.25) is 4.79 Å². The van der Waals surface area contributed by atoms with Gasteiger partial charge in [-0.1, -0.05) is 11.3 Å². The van der Waals surface area contributed by atoms with Crippen molar-refractivity contribution in [2.75, 3.05) is 11.4 Å². The molecular weight excluding hydrogens is 341 g/mol. The summed E-state index contributed by atoms with van der Waals surface area (Å²) in [5.74, 6) is -0.660. The van der Waals surface area contributed by atoms with Gasteiger partial charge in [0.25, 0.3) is 0 Å². The highest BCUT2D eigenvalue weighted by molar-refractivity contribution is 7.20. The normalized spacial score (nSPS) is 21.0. The molecule has 3 heterocycles. The summed E-state index contributed by atoms with van der Waals surface area (Å²) < 4.78 is 14.8. The molecule has 1 aromatic carbocycles. The fraction of sp³-hybridized carbons (Fsp3) is 0.353. The second kappa shape index (κ2) is 6.11. The number of rotatable bonds is 3. The van der Waals surface area contributed by atoms with E-state index in [0.29, 0.717) is 12.6 Å². The highest BCUT2D eigenvalue weighted by Gasteiger charge is 2.30. The van der Waals surface area contributed by atoms with Gasteiger partial charge in [0.1, 0.15) is 5.82 Å². The number of nitrogens with zero attached hydrogens (tertiary/aromatic N) is 4. The number of halogens is 1. The number of imidazole rings is 1. The summed E-state index contributed by atoms with van der Waals surface area (Å²) in [4.78, 5) is 19.0. The van der Waals surface area contributed by atoms with Gasteiger partial charge in [0.05, 0.1) is 17.8 Å². The maximum Gasteiger partial charge on any atom is 0.222 e. The van der Waals surface area contributed by atoms with Crippen LogP contribution < -0.4 is 10.6 Å². The molecule has 1 aliphatic heterocycles. The van der Waals surface area contributed by atoms with Crippen LogP contribution in [0.15, 0.2) is 30.5 Å². The number of amides is 1. The monoisotopic (exact) mass is 359 g/mol. The molecule has 0 aliphatic carbocycles. The van der Waals surface area contributed by atoms with Crippen LogP contribution in [-0.4, -0.2) is 33.1 Å². The summed E-state index contributed by atoms with van der Waals surface area (Å²) in [7, 11) is 0. The van der Waals surface area contributed by atoms with Gasteiger partial charge in [-0.25, -0.2) is 13.9 Å². The van der Waals surface area contributed by atoms with E-state index >= 15 is 0 Å². The Morgan fingerprint density at radius 2 is 2.08 bits per heavy atom. The standard InChI is InChI=1S/C17H18FN5OS/c1-10-2-3-12(15(19)24)8-22(10)17-21-23-9-14(20-16(23)25-17)11-4-6-13(18)7-5-11/h4-7,9-10,12H,2-3,8H2,1H3,(H2,19,24). The number of benzene rings is 1. The molecule has 2 N–H and O–H groups in total. The SMILES string of the molecule is CC1CCC(C(N)=O)CN1c1nn2cc(-c3ccc(F)cc3)nc2s1. The number of hydrogen-bond acceptors (Lipinski definition) is 5. The predicted octanol–water partition coefficient (Wildman–Crippen LogP) is 2.69. The maximum atomic E-state index is 13.1. The van der Waals surface area contributed by atoms with Crippen LogP contribution in [0.3, 0.4) is 0 Å². The lowest BCUT2D eigenvalue weighted by Gasteiger charge is -2.36. The molecule has 6 nitrogen and oxygen atoms in total. The molecule has 0 spiro atoms. The Kier molecular flexibility index (Phi) is 3.91. The van der Waals surface area contributed by atoms with E-state index < -0.39 is 0 Å². The molecule has 8 heteroatoms. The summed E-state index contributed by atoms with van der Waals surface area (Å²) in [6.07, 6.45) is 3.57. The number of aromatic nitrogens is 3. The first kappa shape index (κ1) is 16.0. The van der Waals surface area contributed by atoms with Crippen molar-refractivity contribution in [1.82, 2.24) is 14.6 Å². The third-order valence-electron chi connectivity index (χ3n) is 4.70. The molecule has 1 amide bonds. The molecule has 4 rings (SSSR count). The number of primary amides is 1. The molecule has 3 aromatic rings. The van der Waals surface area contributed by atoms with Crippen molar-refractivity contribution in [3.63, 3.8) is 0 Å². The Morgan fingerprint density at radius 1 is 1.32 bits per heavy atom. The lowest BCUT2D eigenvalue weighted by Crippen LogP contribution is -2.45. The van der Waals surface area contributed by atoms with Crippen LogP contribution in [0.4, 0.5) is 9.52 Å². The minimum absolute atomic E-state index is 0.137. The zero-order valence-electron chi connectivity index (χ0n) is 13.7. The Bertz CT molecular complexity index is 887. The fourth-order valence-corrected chi connectivity index (χ4v) is 4.17. The van der Waals surface area contributed by atoms with Gasteiger partial charge in [0.15, 0.2) is 0 Å². The van der Waals surface area contributed by atoms with E-state index in [4.69, 9.17) is 5.73 Å². The summed E-state index contributed by atoms with van der Waals surface area (Å²) in [5.41, 5.74) is 7.08. The van der Waals surface area contributed by atoms with Gasteiger partial charge in [-0.05, 0) is 44.0 Å². The van der Waals surface area contributed by atoms with Crippen LogP contribution in [-0.2, 0) is 4.79 Å². The van der Waals surface area contributed by atoms with Crippen LogP contribution in [0.1, 0.15) is 19.8 Å². The van der Waals surface area contributed by atoms with E-state index in [-0.39, 0.29) is 17.6 Å². The molecule has 25 heavy (non-hydrogen) atoms. The predicted molar refractivity (Wildman–Crippen MR) is 95.0 cm³/mol. The zero-order chi connectivity index (χ0) is 17.6. The lowest BCUT2D eigenvalue weighted by atomic mass is 9.93. The van der Waals surface area contributed by atoms with Crippen LogP contribution in [0.25, 0.3) is 16.2 Å². The molecule has 1 fully saturated rings. The number of nitrogens with two attached hydrogens (primary N) is 1. The Balaban J connectivity index is 1.62. The smallest absolute Gasteiger partial charge is 0.222 e. The summed E-state index contributed by atoms with van der Waals surface area (Å²) >= 11 is 1.48.